The van der Waals surface area contributed by atoms with Crippen LogP contribution in [0.15, 0.2) is 0 Å². The topological polar surface area (TPSA) is 6.48 Å². The molecule has 0 spiro atoms. The van der Waals surface area contributed by atoms with E-state index in [1.807, 2.05) is 0 Å². The third-order valence-electron chi connectivity index (χ3n) is 1.89. The summed E-state index contributed by atoms with van der Waals surface area (Å²) < 4.78 is 4.93. The van der Waals surface area contributed by atoms with Crippen molar-refractivity contribution in [2.45, 2.75) is 19.8 Å². The first kappa shape index (κ1) is 11.8. The van der Waals surface area contributed by atoms with Crippen molar-refractivity contribution >= 4 is 25.9 Å². The summed E-state index contributed by atoms with van der Waals surface area (Å²) in [6, 6.07) is 0. The van der Waals surface area contributed by atoms with Gasteiger partial charge >= 0.3 is 0 Å². The standard InChI is InChI=1S/C7H17N2P.BrH/c1-3-8(2)10-9-6-4-5-7-9;/h10H,3-7H2,1-2H3;1H. The van der Waals surface area contributed by atoms with Crippen molar-refractivity contribution in [3.8, 4) is 0 Å². The molecule has 0 aromatic rings. The van der Waals surface area contributed by atoms with E-state index in [2.05, 4.69) is 23.3 Å². The molecular formula is C7H18BrN2P. The number of halogens is 1. The molecule has 1 aliphatic heterocycles. The number of hydrogen-bond acceptors (Lipinski definition) is 2. The van der Waals surface area contributed by atoms with Gasteiger partial charge in [0, 0.05) is 22.0 Å². The van der Waals surface area contributed by atoms with E-state index in [9.17, 15) is 0 Å². The fourth-order valence-corrected chi connectivity index (χ4v) is 2.27. The van der Waals surface area contributed by atoms with Crippen LogP contribution >= 0.6 is 25.9 Å². The van der Waals surface area contributed by atoms with E-state index in [-0.39, 0.29) is 17.0 Å². The molecule has 0 amide bonds. The van der Waals surface area contributed by atoms with E-state index in [1.165, 1.54) is 32.5 Å². The summed E-state index contributed by atoms with van der Waals surface area (Å²) in [6.07, 6.45) is 2.81. The summed E-state index contributed by atoms with van der Waals surface area (Å²) in [4.78, 5) is 0. The van der Waals surface area contributed by atoms with E-state index < -0.39 is 0 Å². The van der Waals surface area contributed by atoms with Crippen LogP contribution in [0.3, 0.4) is 0 Å². The predicted octanol–water partition coefficient (Wildman–Crippen LogP) is 2.12. The highest BCUT2D eigenvalue weighted by atomic mass is 79.9. The van der Waals surface area contributed by atoms with Gasteiger partial charge in [0.05, 0.1) is 0 Å². The van der Waals surface area contributed by atoms with E-state index in [4.69, 9.17) is 0 Å². The SMILES string of the molecule is Br.CCN(C)PN1CCCC1. The minimum atomic E-state index is 0. The summed E-state index contributed by atoms with van der Waals surface area (Å²) in [5.74, 6) is 0. The Kier molecular flexibility index (Phi) is 6.84. The lowest BCUT2D eigenvalue weighted by Gasteiger charge is -2.21. The van der Waals surface area contributed by atoms with E-state index in [1.54, 1.807) is 0 Å². The molecule has 1 heterocycles. The van der Waals surface area contributed by atoms with E-state index in [0.717, 1.165) is 8.88 Å². The van der Waals surface area contributed by atoms with Crippen molar-refractivity contribution in [1.82, 2.24) is 9.34 Å². The molecule has 1 saturated heterocycles. The fraction of sp³-hybridized carbons (Fsp3) is 1.00. The van der Waals surface area contributed by atoms with Crippen LogP contribution in [0.2, 0.25) is 0 Å². The Morgan fingerprint density at radius 3 is 2.36 bits per heavy atom. The lowest BCUT2D eigenvalue weighted by atomic mass is 10.4. The molecule has 1 atom stereocenters. The fourth-order valence-electron chi connectivity index (χ4n) is 1.13. The van der Waals surface area contributed by atoms with Gasteiger partial charge in [0.25, 0.3) is 0 Å². The van der Waals surface area contributed by atoms with Crippen molar-refractivity contribution in [2.75, 3.05) is 26.7 Å². The summed E-state index contributed by atoms with van der Waals surface area (Å²) in [5, 5.41) is 0. The quantitative estimate of drug-likeness (QED) is 0.698. The van der Waals surface area contributed by atoms with Crippen molar-refractivity contribution < 1.29 is 0 Å². The second kappa shape index (κ2) is 6.36. The Bertz CT molecular complexity index is 96.4. The zero-order chi connectivity index (χ0) is 7.40. The minimum Gasteiger partial charge on any atom is -0.276 e. The first-order chi connectivity index (χ1) is 4.83. The summed E-state index contributed by atoms with van der Waals surface area (Å²) in [5.41, 5.74) is 0. The molecule has 11 heavy (non-hydrogen) atoms. The highest BCUT2D eigenvalue weighted by Crippen LogP contribution is 2.25. The summed E-state index contributed by atoms with van der Waals surface area (Å²) in [7, 11) is 3.12. The second-order valence-corrected chi connectivity index (χ2v) is 4.40. The van der Waals surface area contributed by atoms with Crippen molar-refractivity contribution in [1.29, 1.82) is 0 Å². The Morgan fingerprint density at radius 2 is 1.91 bits per heavy atom. The number of nitrogens with zero attached hydrogens (tertiary/aromatic N) is 2. The molecule has 0 saturated carbocycles. The van der Waals surface area contributed by atoms with Crippen LogP contribution in [0.1, 0.15) is 19.8 Å². The zero-order valence-corrected chi connectivity index (χ0v) is 10.1. The summed E-state index contributed by atoms with van der Waals surface area (Å²) in [6.45, 7) is 6.03. The van der Waals surface area contributed by atoms with Crippen molar-refractivity contribution in [3.63, 3.8) is 0 Å². The maximum absolute atomic E-state index is 2.55. The largest absolute Gasteiger partial charge is 0.276 e. The molecule has 0 aromatic heterocycles. The molecule has 1 unspecified atom stereocenters. The Labute approximate surface area is 82.0 Å². The van der Waals surface area contributed by atoms with Gasteiger partial charge in [-0.05, 0) is 26.4 Å². The van der Waals surface area contributed by atoms with Gasteiger partial charge in [0.2, 0.25) is 0 Å². The third-order valence-corrected chi connectivity index (χ3v) is 3.28. The average molecular weight is 241 g/mol. The van der Waals surface area contributed by atoms with E-state index >= 15 is 0 Å². The van der Waals surface area contributed by atoms with Gasteiger partial charge in [-0.3, -0.25) is 9.34 Å². The minimum absolute atomic E-state index is 0. The summed E-state index contributed by atoms with van der Waals surface area (Å²) >= 11 is 0. The highest BCUT2D eigenvalue weighted by Gasteiger charge is 2.11. The number of rotatable bonds is 3. The monoisotopic (exact) mass is 240 g/mol. The van der Waals surface area contributed by atoms with Gasteiger partial charge in [-0.15, -0.1) is 17.0 Å². The van der Waals surface area contributed by atoms with Gasteiger partial charge in [-0.25, -0.2) is 0 Å². The molecular weight excluding hydrogens is 223 g/mol. The molecule has 1 rings (SSSR count). The van der Waals surface area contributed by atoms with Crippen LogP contribution in [0.4, 0.5) is 0 Å². The predicted molar refractivity (Wildman–Crippen MR) is 57.7 cm³/mol. The highest BCUT2D eigenvalue weighted by molar-refractivity contribution is 8.93. The first-order valence-electron chi connectivity index (χ1n) is 4.05. The molecule has 1 aliphatic rings. The maximum Gasteiger partial charge on any atom is 0.0237 e. The second-order valence-electron chi connectivity index (χ2n) is 2.81. The molecule has 0 radical (unpaired) electrons. The average Bonchev–Trinajstić information content (AvgIpc) is 2.40. The van der Waals surface area contributed by atoms with Gasteiger partial charge < -0.3 is 0 Å². The van der Waals surface area contributed by atoms with Gasteiger partial charge in [0.1, 0.15) is 0 Å². The third kappa shape index (κ3) is 4.41. The molecule has 0 N–H and O–H groups in total. The lowest BCUT2D eigenvalue weighted by molar-refractivity contribution is 0.500. The molecule has 0 bridgehead atoms. The van der Waals surface area contributed by atoms with Gasteiger partial charge in [0.15, 0.2) is 0 Å². The molecule has 1 fully saturated rings. The number of hydrogen-bond donors (Lipinski definition) is 0. The molecule has 0 aliphatic carbocycles. The first-order valence-corrected chi connectivity index (χ1v) is 4.94. The van der Waals surface area contributed by atoms with Crippen LogP contribution in [0.5, 0.6) is 0 Å². The van der Waals surface area contributed by atoms with Crippen LogP contribution in [-0.2, 0) is 0 Å². The van der Waals surface area contributed by atoms with Crippen LogP contribution < -0.4 is 0 Å². The zero-order valence-electron chi connectivity index (χ0n) is 7.34. The normalized spacial score (nSPS) is 19.9. The van der Waals surface area contributed by atoms with Crippen LogP contribution in [-0.4, -0.2) is 36.0 Å². The smallest absolute Gasteiger partial charge is 0.0237 e. The molecule has 0 aromatic carbocycles. The molecule has 68 valence electrons. The van der Waals surface area contributed by atoms with E-state index in [0.29, 0.717) is 0 Å². The van der Waals surface area contributed by atoms with Crippen LogP contribution in [0.25, 0.3) is 0 Å². The Hall–Kier alpha value is 0.830. The van der Waals surface area contributed by atoms with Crippen LogP contribution in [0, 0.1) is 0 Å². The van der Waals surface area contributed by atoms with Crippen molar-refractivity contribution in [2.24, 2.45) is 0 Å². The lowest BCUT2D eigenvalue weighted by Crippen LogP contribution is -2.16. The maximum atomic E-state index is 2.55. The molecule has 4 heteroatoms. The van der Waals surface area contributed by atoms with Crippen molar-refractivity contribution in [3.05, 3.63) is 0 Å². The van der Waals surface area contributed by atoms with Gasteiger partial charge in [-0.2, -0.15) is 0 Å². The Morgan fingerprint density at radius 1 is 1.36 bits per heavy atom. The molecule has 2 nitrogen and oxygen atoms in total. The Balaban J connectivity index is 0.000001000. The van der Waals surface area contributed by atoms with Gasteiger partial charge in [-0.1, -0.05) is 6.92 Å².